The first-order valence-electron chi connectivity index (χ1n) is 11.0. The predicted octanol–water partition coefficient (Wildman–Crippen LogP) is 2.78. The molecule has 7 heteroatoms. The van der Waals surface area contributed by atoms with E-state index in [9.17, 15) is 9.59 Å². The molecule has 1 fully saturated rings. The highest BCUT2D eigenvalue weighted by atomic mass is 16.5. The third-order valence-electron chi connectivity index (χ3n) is 5.92. The maximum atomic E-state index is 13.4. The number of carbonyl (C=O) groups excluding carboxylic acids is 2. The summed E-state index contributed by atoms with van der Waals surface area (Å²) < 4.78 is 10.6. The summed E-state index contributed by atoms with van der Waals surface area (Å²) in [4.78, 5) is 30.3. The second-order valence-corrected chi connectivity index (χ2v) is 7.87. The number of anilines is 1. The van der Waals surface area contributed by atoms with Gasteiger partial charge in [0.25, 0.3) is 11.8 Å². The highest BCUT2D eigenvalue weighted by Crippen LogP contribution is 2.31. The quantitative estimate of drug-likeness (QED) is 0.643. The van der Waals surface area contributed by atoms with Crippen molar-refractivity contribution >= 4 is 23.1 Å². The monoisotopic (exact) mass is 435 g/mol. The topological polar surface area (TPSA) is 71.1 Å². The van der Waals surface area contributed by atoms with Crippen LogP contribution >= 0.6 is 0 Å². The number of methoxy groups -OCH3 is 1. The van der Waals surface area contributed by atoms with E-state index >= 15 is 0 Å². The summed E-state index contributed by atoms with van der Waals surface area (Å²) in [7, 11) is 1.60. The van der Waals surface area contributed by atoms with Crippen LogP contribution < -0.4 is 10.1 Å². The maximum absolute atomic E-state index is 13.4. The van der Waals surface area contributed by atoms with Crippen molar-refractivity contribution in [1.29, 1.82) is 0 Å². The Hall–Kier alpha value is -3.16. The minimum Gasteiger partial charge on any atom is -0.497 e. The van der Waals surface area contributed by atoms with Gasteiger partial charge in [-0.05, 0) is 41.8 Å². The second kappa shape index (κ2) is 9.97. The molecule has 0 atom stereocenters. The van der Waals surface area contributed by atoms with Gasteiger partial charge in [-0.3, -0.25) is 19.4 Å². The summed E-state index contributed by atoms with van der Waals surface area (Å²) in [6.07, 6.45) is 0.937. The van der Waals surface area contributed by atoms with Gasteiger partial charge in [0.15, 0.2) is 0 Å². The lowest BCUT2D eigenvalue weighted by molar-refractivity contribution is -0.137. The molecule has 0 saturated carbocycles. The van der Waals surface area contributed by atoms with Gasteiger partial charge in [0.1, 0.15) is 11.4 Å². The number of ether oxygens (including phenoxy) is 2. The molecule has 168 valence electrons. The highest BCUT2D eigenvalue weighted by Gasteiger charge is 2.39. The van der Waals surface area contributed by atoms with E-state index < -0.39 is 0 Å². The molecule has 0 radical (unpaired) electrons. The number of carbonyl (C=O) groups is 2. The van der Waals surface area contributed by atoms with Crippen molar-refractivity contribution in [3.05, 3.63) is 65.4 Å². The first kappa shape index (κ1) is 22.0. The Bertz CT molecular complexity index is 993. The summed E-state index contributed by atoms with van der Waals surface area (Å²) >= 11 is 0. The van der Waals surface area contributed by atoms with E-state index in [4.69, 9.17) is 9.47 Å². The van der Waals surface area contributed by atoms with Gasteiger partial charge in [0.2, 0.25) is 0 Å². The van der Waals surface area contributed by atoms with Gasteiger partial charge >= 0.3 is 0 Å². The van der Waals surface area contributed by atoms with Crippen LogP contribution in [0.15, 0.2) is 54.2 Å². The number of rotatable bonds is 8. The molecule has 7 nitrogen and oxygen atoms in total. The molecule has 2 heterocycles. The molecule has 2 aromatic rings. The molecular formula is C25H29N3O4. The van der Waals surface area contributed by atoms with Crippen molar-refractivity contribution in [3.63, 3.8) is 0 Å². The van der Waals surface area contributed by atoms with Crippen LogP contribution in [0.25, 0.3) is 5.57 Å². The normalized spacial score (nSPS) is 17.2. The van der Waals surface area contributed by atoms with Crippen molar-refractivity contribution in [2.75, 3.05) is 51.8 Å². The maximum Gasteiger partial charge on any atom is 0.278 e. The molecule has 32 heavy (non-hydrogen) atoms. The van der Waals surface area contributed by atoms with Gasteiger partial charge in [-0.2, -0.15) is 0 Å². The molecule has 1 saturated heterocycles. The number of hydrogen-bond acceptors (Lipinski definition) is 6. The number of nitrogens with one attached hydrogen (secondary N) is 1. The lowest BCUT2D eigenvalue weighted by atomic mass is 10.0. The summed E-state index contributed by atoms with van der Waals surface area (Å²) in [5, 5.41) is 3.22. The number of hydrogen-bond donors (Lipinski definition) is 1. The van der Waals surface area contributed by atoms with Gasteiger partial charge in [-0.1, -0.05) is 31.2 Å². The number of imide groups is 1. The molecule has 0 spiro atoms. The SMILES string of the molecule is CCc1ccc(NC2=C(c3ccc(OC)cc3)C(=O)N(CCN3CCOCC3)C2=O)cc1. The summed E-state index contributed by atoms with van der Waals surface area (Å²) in [6.45, 7) is 6.05. The molecule has 0 bridgehead atoms. The van der Waals surface area contributed by atoms with Crippen LogP contribution in [0.5, 0.6) is 5.75 Å². The molecule has 0 unspecified atom stereocenters. The van der Waals surface area contributed by atoms with Crippen LogP contribution in [0.4, 0.5) is 5.69 Å². The Morgan fingerprint density at radius 1 is 0.938 bits per heavy atom. The lowest BCUT2D eigenvalue weighted by Gasteiger charge is -2.28. The molecule has 4 rings (SSSR count). The predicted molar refractivity (Wildman–Crippen MR) is 123 cm³/mol. The van der Waals surface area contributed by atoms with E-state index in [-0.39, 0.29) is 11.8 Å². The lowest BCUT2D eigenvalue weighted by Crippen LogP contribution is -2.43. The van der Waals surface area contributed by atoms with Crippen molar-refractivity contribution in [2.45, 2.75) is 13.3 Å². The van der Waals surface area contributed by atoms with E-state index in [0.717, 1.165) is 25.2 Å². The Morgan fingerprint density at radius 2 is 1.62 bits per heavy atom. The molecular weight excluding hydrogens is 406 g/mol. The van der Waals surface area contributed by atoms with Crippen molar-refractivity contribution in [1.82, 2.24) is 9.80 Å². The highest BCUT2D eigenvalue weighted by molar-refractivity contribution is 6.36. The smallest absolute Gasteiger partial charge is 0.278 e. The number of nitrogens with zero attached hydrogens (tertiary/aromatic N) is 2. The van der Waals surface area contributed by atoms with Gasteiger partial charge in [-0.15, -0.1) is 0 Å². The minimum atomic E-state index is -0.298. The largest absolute Gasteiger partial charge is 0.497 e. The first-order chi connectivity index (χ1) is 15.6. The summed E-state index contributed by atoms with van der Waals surface area (Å²) in [5.41, 5.74) is 3.37. The Balaban J connectivity index is 1.61. The third kappa shape index (κ3) is 4.69. The van der Waals surface area contributed by atoms with Crippen molar-refractivity contribution < 1.29 is 19.1 Å². The van der Waals surface area contributed by atoms with Crippen molar-refractivity contribution in [2.24, 2.45) is 0 Å². The van der Waals surface area contributed by atoms with Gasteiger partial charge in [0, 0.05) is 31.9 Å². The van der Waals surface area contributed by atoms with E-state index in [1.54, 1.807) is 19.2 Å². The second-order valence-electron chi connectivity index (χ2n) is 7.87. The average Bonchev–Trinajstić information content (AvgIpc) is 3.07. The number of amides is 2. The average molecular weight is 436 g/mol. The Labute approximate surface area is 188 Å². The fraction of sp³-hybridized carbons (Fsp3) is 0.360. The molecule has 0 aliphatic carbocycles. The number of morpholine rings is 1. The zero-order valence-corrected chi connectivity index (χ0v) is 18.6. The van der Waals surface area contributed by atoms with Gasteiger partial charge in [-0.25, -0.2) is 0 Å². The Morgan fingerprint density at radius 3 is 2.25 bits per heavy atom. The Kier molecular flexibility index (Phi) is 6.87. The summed E-state index contributed by atoms with van der Waals surface area (Å²) in [5.74, 6) is 0.120. The molecule has 2 aromatic carbocycles. The van der Waals surface area contributed by atoms with Crippen LogP contribution in [0.2, 0.25) is 0 Å². The zero-order valence-electron chi connectivity index (χ0n) is 18.6. The molecule has 2 amide bonds. The first-order valence-corrected chi connectivity index (χ1v) is 11.0. The molecule has 2 aliphatic heterocycles. The van der Waals surface area contributed by atoms with Gasteiger partial charge in [0.05, 0.1) is 25.9 Å². The van der Waals surface area contributed by atoms with Crippen LogP contribution in [0.1, 0.15) is 18.1 Å². The van der Waals surface area contributed by atoms with E-state index in [2.05, 4.69) is 17.1 Å². The van der Waals surface area contributed by atoms with E-state index in [1.165, 1.54) is 10.5 Å². The van der Waals surface area contributed by atoms with Crippen LogP contribution in [0, 0.1) is 0 Å². The summed E-state index contributed by atoms with van der Waals surface area (Å²) in [6, 6.07) is 15.1. The van der Waals surface area contributed by atoms with E-state index in [1.807, 2.05) is 36.4 Å². The molecule has 0 aromatic heterocycles. The standard InChI is InChI=1S/C25H29N3O4/c1-3-18-4-8-20(9-5-18)26-23-22(19-6-10-21(31-2)11-7-19)24(29)28(25(23)30)13-12-27-14-16-32-17-15-27/h4-11,26H,3,12-17H2,1-2H3. The fourth-order valence-electron chi connectivity index (χ4n) is 3.95. The van der Waals surface area contributed by atoms with E-state index in [0.29, 0.717) is 48.9 Å². The van der Waals surface area contributed by atoms with Crippen LogP contribution in [0.3, 0.4) is 0 Å². The van der Waals surface area contributed by atoms with Crippen LogP contribution in [-0.2, 0) is 20.7 Å². The number of aryl methyl sites for hydroxylation is 1. The van der Waals surface area contributed by atoms with Gasteiger partial charge < -0.3 is 14.8 Å². The van der Waals surface area contributed by atoms with Crippen molar-refractivity contribution in [3.8, 4) is 5.75 Å². The van der Waals surface area contributed by atoms with Crippen LogP contribution in [-0.4, -0.2) is 68.1 Å². The molecule has 1 N–H and O–H groups in total. The molecule has 2 aliphatic rings. The number of benzene rings is 2. The minimum absolute atomic E-state index is 0.277. The fourth-order valence-corrected chi connectivity index (χ4v) is 3.95. The third-order valence-corrected chi connectivity index (χ3v) is 5.92. The zero-order chi connectivity index (χ0) is 22.5.